The van der Waals surface area contributed by atoms with E-state index in [9.17, 15) is 8.78 Å². The van der Waals surface area contributed by atoms with E-state index in [1.807, 2.05) is 0 Å². The average molecular weight is 221 g/mol. The Balaban J connectivity index is 0.000000265. The number of halogens is 2. The standard InChI is InChI=1S/C7H16.C5H9F2N/c1-3-5-7-6-4-2;6-5(7)1-3-8-4-2-5/h3-7H2,1-2H3;8H,1-4H2. The molecule has 1 saturated heterocycles. The quantitative estimate of drug-likeness (QED) is 0.708. The molecule has 1 fully saturated rings. The van der Waals surface area contributed by atoms with Crippen molar-refractivity contribution in [3.05, 3.63) is 0 Å². The number of unbranched alkanes of at least 4 members (excludes halogenated alkanes) is 4. The third kappa shape index (κ3) is 10.1. The van der Waals surface area contributed by atoms with Crippen molar-refractivity contribution in [2.24, 2.45) is 0 Å². The van der Waals surface area contributed by atoms with Gasteiger partial charge in [-0.1, -0.05) is 46.0 Å². The second kappa shape index (κ2) is 9.08. The van der Waals surface area contributed by atoms with Crippen molar-refractivity contribution >= 4 is 0 Å². The van der Waals surface area contributed by atoms with Gasteiger partial charge in [0, 0.05) is 25.9 Å². The van der Waals surface area contributed by atoms with Crippen molar-refractivity contribution in [1.29, 1.82) is 0 Å². The molecule has 1 aliphatic rings. The molecule has 1 aliphatic heterocycles. The zero-order valence-electron chi connectivity index (χ0n) is 10.1. The van der Waals surface area contributed by atoms with Crippen molar-refractivity contribution in [2.45, 2.75) is 64.7 Å². The van der Waals surface area contributed by atoms with E-state index in [0.29, 0.717) is 13.1 Å². The van der Waals surface area contributed by atoms with Gasteiger partial charge in [0.25, 0.3) is 5.92 Å². The van der Waals surface area contributed by atoms with Gasteiger partial charge < -0.3 is 5.32 Å². The van der Waals surface area contributed by atoms with E-state index in [-0.39, 0.29) is 12.8 Å². The Morgan fingerprint density at radius 1 is 0.933 bits per heavy atom. The molecule has 3 heteroatoms. The van der Waals surface area contributed by atoms with Crippen LogP contribution in [0.2, 0.25) is 0 Å². The molecule has 0 aliphatic carbocycles. The number of hydrogen-bond acceptors (Lipinski definition) is 1. The van der Waals surface area contributed by atoms with Crippen LogP contribution in [-0.2, 0) is 0 Å². The summed E-state index contributed by atoms with van der Waals surface area (Å²) in [6.07, 6.45) is 7.02. The highest BCUT2D eigenvalue weighted by molar-refractivity contribution is 4.73. The van der Waals surface area contributed by atoms with Crippen LogP contribution >= 0.6 is 0 Å². The van der Waals surface area contributed by atoms with Gasteiger partial charge in [-0.05, 0) is 0 Å². The summed E-state index contributed by atoms with van der Waals surface area (Å²) in [7, 11) is 0. The number of nitrogens with one attached hydrogen (secondary N) is 1. The molecule has 0 aromatic carbocycles. The first-order chi connectivity index (χ1) is 7.12. The van der Waals surface area contributed by atoms with Crippen molar-refractivity contribution in [2.75, 3.05) is 13.1 Å². The fourth-order valence-electron chi connectivity index (χ4n) is 1.47. The lowest BCUT2D eigenvalue weighted by Gasteiger charge is -2.21. The molecule has 0 spiro atoms. The highest BCUT2D eigenvalue weighted by Crippen LogP contribution is 2.23. The van der Waals surface area contributed by atoms with Crippen molar-refractivity contribution in [3.8, 4) is 0 Å². The van der Waals surface area contributed by atoms with Crippen molar-refractivity contribution < 1.29 is 8.78 Å². The third-order valence-electron chi connectivity index (χ3n) is 2.54. The van der Waals surface area contributed by atoms with E-state index in [1.165, 1.54) is 32.1 Å². The molecule has 0 aromatic heterocycles. The molecule has 0 atom stereocenters. The Hall–Kier alpha value is -0.180. The Morgan fingerprint density at radius 2 is 1.40 bits per heavy atom. The lowest BCUT2D eigenvalue weighted by Crippen LogP contribution is -2.35. The molecule has 0 radical (unpaired) electrons. The molecular weight excluding hydrogens is 196 g/mol. The first kappa shape index (κ1) is 14.8. The van der Waals surface area contributed by atoms with Crippen molar-refractivity contribution in [3.63, 3.8) is 0 Å². The normalized spacial score (nSPS) is 19.2. The SMILES string of the molecule is CCCCCCC.FC1(F)CCNCC1. The maximum absolute atomic E-state index is 12.2. The van der Waals surface area contributed by atoms with Crippen LogP contribution in [0.15, 0.2) is 0 Å². The summed E-state index contributed by atoms with van der Waals surface area (Å²) in [6, 6.07) is 0. The fraction of sp³-hybridized carbons (Fsp3) is 1.00. The second-order valence-corrected chi connectivity index (χ2v) is 4.17. The van der Waals surface area contributed by atoms with Gasteiger partial charge in [0.1, 0.15) is 0 Å². The van der Waals surface area contributed by atoms with E-state index >= 15 is 0 Å². The van der Waals surface area contributed by atoms with E-state index in [0.717, 1.165) is 0 Å². The molecule has 0 unspecified atom stereocenters. The summed E-state index contributed by atoms with van der Waals surface area (Å²) in [5.41, 5.74) is 0. The molecule has 15 heavy (non-hydrogen) atoms. The molecule has 0 aromatic rings. The second-order valence-electron chi connectivity index (χ2n) is 4.17. The van der Waals surface area contributed by atoms with E-state index in [1.54, 1.807) is 0 Å². The molecule has 0 amide bonds. The minimum Gasteiger partial charge on any atom is -0.316 e. The molecule has 92 valence electrons. The van der Waals surface area contributed by atoms with Gasteiger partial charge in [-0.2, -0.15) is 0 Å². The molecule has 0 saturated carbocycles. The zero-order chi connectivity index (χ0) is 11.6. The molecule has 0 bridgehead atoms. The smallest absolute Gasteiger partial charge is 0.250 e. The topological polar surface area (TPSA) is 12.0 Å². The number of rotatable bonds is 4. The fourth-order valence-corrected chi connectivity index (χ4v) is 1.47. The minimum atomic E-state index is -2.38. The largest absolute Gasteiger partial charge is 0.316 e. The van der Waals surface area contributed by atoms with E-state index < -0.39 is 5.92 Å². The van der Waals surface area contributed by atoms with Crippen LogP contribution < -0.4 is 5.32 Å². The average Bonchev–Trinajstić information content (AvgIpc) is 2.19. The van der Waals surface area contributed by atoms with Gasteiger partial charge in [0.15, 0.2) is 0 Å². The Bertz CT molecular complexity index is 126. The Kier molecular flexibility index (Phi) is 8.97. The van der Waals surface area contributed by atoms with E-state index in [2.05, 4.69) is 19.2 Å². The van der Waals surface area contributed by atoms with Gasteiger partial charge in [0.2, 0.25) is 0 Å². The highest BCUT2D eigenvalue weighted by atomic mass is 19.3. The maximum atomic E-state index is 12.2. The summed E-state index contributed by atoms with van der Waals surface area (Å²) in [5, 5.41) is 2.86. The summed E-state index contributed by atoms with van der Waals surface area (Å²) in [6.45, 7) is 5.42. The molecule has 1 nitrogen and oxygen atoms in total. The Labute approximate surface area is 92.6 Å². The number of piperidine rings is 1. The summed E-state index contributed by atoms with van der Waals surface area (Å²) in [5.74, 6) is -2.38. The summed E-state index contributed by atoms with van der Waals surface area (Å²) in [4.78, 5) is 0. The van der Waals surface area contributed by atoms with Crippen LogP contribution in [0.5, 0.6) is 0 Å². The zero-order valence-corrected chi connectivity index (χ0v) is 10.1. The van der Waals surface area contributed by atoms with Gasteiger partial charge in [-0.25, -0.2) is 8.78 Å². The molecular formula is C12H25F2N. The molecule has 1 N–H and O–H groups in total. The monoisotopic (exact) mass is 221 g/mol. The van der Waals surface area contributed by atoms with Gasteiger partial charge >= 0.3 is 0 Å². The maximum Gasteiger partial charge on any atom is 0.250 e. The van der Waals surface area contributed by atoms with Crippen LogP contribution in [0.25, 0.3) is 0 Å². The first-order valence-electron chi connectivity index (χ1n) is 6.21. The van der Waals surface area contributed by atoms with Gasteiger partial charge in [0.05, 0.1) is 0 Å². The van der Waals surface area contributed by atoms with Crippen LogP contribution in [0.4, 0.5) is 8.78 Å². The van der Waals surface area contributed by atoms with Crippen LogP contribution in [-0.4, -0.2) is 19.0 Å². The predicted molar refractivity (Wildman–Crippen MR) is 61.5 cm³/mol. The van der Waals surface area contributed by atoms with Gasteiger partial charge in [-0.15, -0.1) is 0 Å². The van der Waals surface area contributed by atoms with Gasteiger partial charge in [-0.3, -0.25) is 0 Å². The third-order valence-corrected chi connectivity index (χ3v) is 2.54. The molecule has 1 rings (SSSR count). The van der Waals surface area contributed by atoms with Crippen LogP contribution in [0, 0.1) is 0 Å². The molecule has 1 heterocycles. The predicted octanol–water partition coefficient (Wildman–Crippen LogP) is 3.98. The first-order valence-corrected chi connectivity index (χ1v) is 6.21. The van der Waals surface area contributed by atoms with Crippen molar-refractivity contribution in [1.82, 2.24) is 5.32 Å². The highest BCUT2D eigenvalue weighted by Gasteiger charge is 2.30. The minimum absolute atomic E-state index is 0.00694. The van der Waals surface area contributed by atoms with E-state index in [4.69, 9.17) is 0 Å². The summed E-state index contributed by atoms with van der Waals surface area (Å²) >= 11 is 0. The summed E-state index contributed by atoms with van der Waals surface area (Å²) < 4.78 is 24.3. The van der Waals surface area contributed by atoms with Crippen LogP contribution in [0.1, 0.15) is 58.8 Å². The lowest BCUT2D eigenvalue weighted by atomic mass is 10.1. The lowest BCUT2D eigenvalue weighted by molar-refractivity contribution is -0.0274. The number of hydrogen-bond donors (Lipinski definition) is 1. The Morgan fingerprint density at radius 3 is 1.67 bits per heavy atom. The number of alkyl halides is 2. The van der Waals surface area contributed by atoms with Crippen LogP contribution in [0.3, 0.4) is 0 Å².